The number of aryl methyl sites for hydroxylation is 1. The van der Waals surface area contributed by atoms with E-state index in [1.54, 1.807) is 33.3 Å². The molecule has 1 unspecified atom stereocenters. The third-order valence-electron chi connectivity index (χ3n) is 7.74. The van der Waals surface area contributed by atoms with Crippen LogP contribution in [0.2, 0.25) is 0 Å². The van der Waals surface area contributed by atoms with Crippen molar-refractivity contribution in [3.63, 3.8) is 0 Å². The Morgan fingerprint density at radius 3 is 2.32 bits per heavy atom. The molecule has 4 aromatic rings. The average molecular weight is 580 g/mol. The third-order valence-corrected chi connectivity index (χ3v) is 9.28. The lowest BCUT2D eigenvalue weighted by Crippen LogP contribution is -2.43. The molecule has 2 aliphatic rings. The van der Waals surface area contributed by atoms with Gasteiger partial charge in [-0.2, -0.15) is 17.7 Å². The second-order valence-electron chi connectivity index (χ2n) is 10.3. The number of fused-ring (bicyclic) bond motifs is 3. The van der Waals surface area contributed by atoms with Crippen LogP contribution in [-0.2, 0) is 21.4 Å². The summed E-state index contributed by atoms with van der Waals surface area (Å²) in [6.07, 6.45) is 0.808. The first-order valence-corrected chi connectivity index (χ1v) is 14.9. The zero-order valence-electron chi connectivity index (χ0n) is 23.7. The summed E-state index contributed by atoms with van der Waals surface area (Å²) in [5, 5.41) is 4.09. The summed E-state index contributed by atoms with van der Waals surface area (Å²) in [5.74, 6) is 2.27. The molecule has 216 valence electrons. The quantitative estimate of drug-likeness (QED) is 0.337. The Morgan fingerprint density at radius 1 is 1.00 bits per heavy atom. The number of anilines is 1. The Labute approximate surface area is 239 Å². The van der Waals surface area contributed by atoms with E-state index in [4.69, 9.17) is 18.7 Å². The number of hydrogen-bond donors (Lipinski definition) is 1. The van der Waals surface area contributed by atoms with Crippen molar-refractivity contribution in [2.75, 3.05) is 45.2 Å². The van der Waals surface area contributed by atoms with Crippen LogP contribution in [0.25, 0.3) is 33.8 Å². The molecule has 1 atom stereocenters. The van der Waals surface area contributed by atoms with Gasteiger partial charge in [-0.15, -0.1) is 0 Å². The molecule has 4 heterocycles. The van der Waals surface area contributed by atoms with E-state index in [0.29, 0.717) is 55.2 Å². The van der Waals surface area contributed by atoms with Crippen molar-refractivity contribution in [3.8, 4) is 45.3 Å². The molecule has 0 radical (unpaired) electrons. The number of aromatic nitrogens is 3. The number of benzene rings is 2. The molecule has 0 spiro atoms. The third kappa shape index (κ3) is 4.75. The van der Waals surface area contributed by atoms with Crippen LogP contribution in [0, 0.1) is 13.8 Å². The number of nitrogens with one attached hydrogen (secondary N) is 1. The summed E-state index contributed by atoms with van der Waals surface area (Å²) in [6.45, 7) is 7.49. The standard InChI is InChI=1S/C29H33N5O6S/c1-17-14-21-15-24(37-4)25(38-5)16-23(21)28-27(29-30-19(3)31-40-29)26(18(2)34(17)28)20-6-8-22(9-7-20)32-41(35,36)33-10-12-39-13-11-33/h6-9,15-17,32H,10-14H2,1-5H3. The average Bonchev–Trinajstić information content (AvgIpc) is 3.54. The van der Waals surface area contributed by atoms with Crippen molar-refractivity contribution in [3.05, 3.63) is 53.5 Å². The fourth-order valence-electron chi connectivity index (χ4n) is 5.91. The molecule has 11 nitrogen and oxygen atoms in total. The summed E-state index contributed by atoms with van der Waals surface area (Å²) < 4.78 is 54.5. The zero-order chi connectivity index (χ0) is 28.9. The van der Waals surface area contributed by atoms with Crippen molar-refractivity contribution < 1.29 is 27.2 Å². The van der Waals surface area contributed by atoms with Gasteiger partial charge in [0.2, 0.25) is 0 Å². The zero-order valence-corrected chi connectivity index (χ0v) is 24.5. The Kier molecular flexibility index (Phi) is 7.00. The highest BCUT2D eigenvalue weighted by Crippen LogP contribution is 2.51. The van der Waals surface area contributed by atoms with Crippen LogP contribution >= 0.6 is 0 Å². The van der Waals surface area contributed by atoms with E-state index in [0.717, 1.165) is 45.6 Å². The van der Waals surface area contributed by atoms with Crippen LogP contribution in [-0.4, -0.2) is 68.0 Å². The van der Waals surface area contributed by atoms with Gasteiger partial charge in [0.25, 0.3) is 5.89 Å². The topological polar surface area (TPSA) is 121 Å². The summed E-state index contributed by atoms with van der Waals surface area (Å²) >= 11 is 0. The van der Waals surface area contributed by atoms with Gasteiger partial charge in [-0.3, -0.25) is 4.72 Å². The molecule has 6 rings (SSSR count). The number of rotatable bonds is 7. The van der Waals surface area contributed by atoms with Gasteiger partial charge in [-0.1, -0.05) is 17.3 Å². The van der Waals surface area contributed by atoms with Crippen LogP contribution in [0.3, 0.4) is 0 Å². The summed E-state index contributed by atoms with van der Waals surface area (Å²) in [6, 6.07) is 11.6. The fraction of sp³-hybridized carbons (Fsp3) is 0.379. The molecular weight excluding hydrogens is 546 g/mol. The SMILES string of the molecule is COc1cc2c(cc1OC)-c1c(-c3nc(C)no3)c(-c3ccc(NS(=O)(=O)N4CCOCC4)cc3)c(C)n1C(C)C2. The van der Waals surface area contributed by atoms with E-state index in [2.05, 4.69) is 33.3 Å². The normalized spacial score (nSPS) is 17.1. The van der Waals surface area contributed by atoms with Crippen LogP contribution in [0.15, 0.2) is 40.9 Å². The number of ether oxygens (including phenoxy) is 3. The minimum Gasteiger partial charge on any atom is -0.493 e. The van der Waals surface area contributed by atoms with E-state index in [-0.39, 0.29) is 6.04 Å². The highest BCUT2D eigenvalue weighted by molar-refractivity contribution is 7.90. The predicted molar refractivity (Wildman–Crippen MR) is 155 cm³/mol. The highest BCUT2D eigenvalue weighted by Gasteiger charge is 2.34. The first-order valence-electron chi connectivity index (χ1n) is 13.5. The predicted octanol–water partition coefficient (Wildman–Crippen LogP) is 4.61. The lowest BCUT2D eigenvalue weighted by molar-refractivity contribution is 0.0733. The van der Waals surface area contributed by atoms with Crippen LogP contribution in [0.5, 0.6) is 11.5 Å². The molecule has 1 saturated heterocycles. The van der Waals surface area contributed by atoms with Crippen molar-refractivity contribution in [2.24, 2.45) is 0 Å². The number of nitrogens with zero attached hydrogens (tertiary/aromatic N) is 4. The maximum Gasteiger partial charge on any atom is 0.301 e. The molecular formula is C29H33N5O6S. The molecule has 0 aliphatic carbocycles. The first kappa shape index (κ1) is 27.3. The lowest BCUT2D eigenvalue weighted by Gasteiger charge is -2.28. The summed E-state index contributed by atoms with van der Waals surface area (Å²) in [4.78, 5) is 4.63. The Morgan fingerprint density at radius 2 is 1.68 bits per heavy atom. The molecule has 2 aromatic carbocycles. The number of hydrogen-bond acceptors (Lipinski definition) is 8. The van der Waals surface area contributed by atoms with Crippen LogP contribution in [0.4, 0.5) is 5.69 Å². The van der Waals surface area contributed by atoms with Crippen molar-refractivity contribution in [1.82, 2.24) is 19.0 Å². The molecule has 0 bridgehead atoms. The molecule has 0 amide bonds. The van der Waals surface area contributed by atoms with E-state index < -0.39 is 10.2 Å². The molecule has 0 saturated carbocycles. The van der Waals surface area contributed by atoms with Gasteiger partial charge < -0.3 is 23.3 Å². The summed E-state index contributed by atoms with van der Waals surface area (Å²) in [5.41, 5.74) is 7.30. The maximum absolute atomic E-state index is 12.9. The van der Waals surface area contributed by atoms with Crippen LogP contribution in [0.1, 0.15) is 30.0 Å². The van der Waals surface area contributed by atoms with Crippen molar-refractivity contribution >= 4 is 15.9 Å². The molecule has 2 aromatic heterocycles. The van der Waals surface area contributed by atoms with Gasteiger partial charge in [-0.05, 0) is 62.6 Å². The van der Waals surface area contributed by atoms with Gasteiger partial charge in [0.1, 0.15) is 0 Å². The smallest absolute Gasteiger partial charge is 0.301 e. The lowest BCUT2D eigenvalue weighted by atomic mass is 9.91. The Balaban J connectivity index is 1.48. The first-order chi connectivity index (χ1) is 19.7. The largest absolute Gasteiger partial charge is 0.493 e. The van der Waals surface area contributed by atoms with Crippen molar-refractivity contribution in [1.29, 1.82) is 0 Å². The number of methoxy groups -OCH3 is 2. The Hall–Kier alpha value is -3.87. The molecule has 41 heavy (non-hydrogen) atoms. The monoisotopic (exact) mass is 579 g/mol. The van der Waals surface area contributed by atoms with Crippen molar-refractivity contribution in [2.45, 2.75) is 33.2 Å². The van der Waals surface area contributed by atoms with Gasteiger partial charge in [0.15, 0.2) is 17.3 Å². The second-order valence-corrected chi connectivity index (χ2v) is 12.0. The van der Waals surface area contributed by atoms with E-state index in [1.807, 2.05) is 24.3 Å². The van der Waals surface area contributed by atoms with E-state index >= 15 is 0 Å². The molecule has 12 heteroatoms. The van der Waals surface area contributed by atoms with E-state index in [9.17, 15) is 8.42 Å². The van der Waals surface area contributed by atoms with Gasteiger partial charge >= 0.3 is 10.2 Å². The minimum absolute atomic E-state index is 0.145. The minimum atomic E-state index is -3.68. The Bertz CT molecular complexity index is 1700. The van der Waals surface area contributed by atoms with Gasteiger partial charge in [-0.25, -0.2) is 0 Å². The van der Waals surface area contributed by atoms with Gasteiger partial charge in [0, 0.05) is 41.6 Å². The van der Waals surface area contributed by atoms with E-state index in [1.165, 1.54) is 4.31 Å². The highest BCUT2D eigenvalue weighted by atomic mass is 32.2. The fourth-order valence-corrected chi connectivity index (χ4v) is 7.10. The molecule has 2 aliphatic heterocycles. The van der Waals surface area contributed by atoms with Gasteiger partial charge in [0.05, 0.1) is 38.7 Å². The second kappa shape index (κ2) is 10.5. The summed E-state index contributed by atoms with van der Waals surface area (Å²) in [7, 11) is -0.417. The number of morpholine rings is 1. The maximum atomic E-state index is 12.9. The molecule has 1 N–H and O–H groups in total. The van der Waals surface area contributed by atoms with Crippen LogP contribution < -0.4 is 14.2 Å². The molecule has 1 fully saturated rings.